The Kier molecular flexibility index (Phi) is 4.75. The monoisotopic (exact) mass is 309 g/mol. The van der Waals surface area contributed by atoms with Crippen LogP contribution in [0, 0.1) is 17.8 Å². The first-order valence-corrected chi connectivity index (χ1v) is 6.94. The SMILES string of the molecule is O=C(O)[C@@H]1CN(C(=O)CCC2CCOC2)C[C@H]1C(F)(F)F. The van der Waals surface area contributed by atoms with Crippen LogP contribution in [0.15, 0.2) is 0 Å². The lowest BCUT2D eigenvalue weighted by molar-refractivity contribution is -0.188. The molecule has 120 valence electrons. The van der Waals surface area contributed by atoms with Crippen molar-refractivity contribution < 1.29 is 32.6 Å². The van der Waals surface area contributed by atoms with Crippen LogP contribution in [-0.2, 0) is 14.3 Å². The Labute approximate surface area is 120 Å². The minimum atomic E-state index is -4.60. The first-order valence-electron chi connectivity index (χ1n) is 6.94. The fourth-order valence-corrected chi connectivity index (χ4v) is 2.89. The molecule has 0 aromatic rings. The van der Waals surface area contributed by atoms with Crippen LogP contribution in [0.25, 0.3) is 0 Å². The predicted octanol–water partition coefficient (Wildman–Crippen LogP) is 1.52. The number of carboxylic acids is 1. The molecular weight excluding hydrogens is 291 g/mol. The molecule has 0 radical (unpaired) electrons. The van der Waals surface area contributed by atoms with E-state index in [0.717, 1.165) is 11.3 Å². The number of amides is 1. The molecule has 2 fully saturated rings. The van der Waals surface area contributed by atoms with Gasteiger partial charge in [0.05, 0.1) is 11.8 Å². The van der Waals surface area contributed by atoms with E-state index >= 15 is 0 Å². The van der Waals surface area contributed by atoms with Crippen LogP contribution in [-0.4, -0.2) is 54.4 Å². The van der Waals surface area contributed by atoms with Crippen molar-refractivity contribution in [3.05, 3.63) is 0 Å². The normalized spacial score (nSPS) is 29.9. The van der Waals surface area contributed by atoms with Crippen LogP contribution in [0.5, 0.6) is 0 Å². The zero-order valence-corrected chi connectivity index (χ0v) is 11.4. The third-order valence-corrected chi connectivity index (χ3v) is 4.20. The van der Waals surface area contributed by atoms with Crippen molar-refractivity contribution in [1.82, 2.24) is 4.90 Å². The number of ether oxygens (including phenoxy) is 1. The van der Waals surface area contributed by atoms with Crippen LogP contribution >= 0.6 is 0 Å². The van der Waals surface area contributed by atoms with Crippen molar-refractivity contribution in [2.45, 2.75) is 25.4 Å². The minimum Gasteiger partial charge on any atom is -0.481 e. The molecule has 0 spiro atoms. The molecule has 0 saturated carbocycles. The number of carbonyl (C=O) groups excluding carboxylic acids is 1. The molecule has 21 heavy (non-hydrogen) atoms. The summed E-state index contributed by atoms with van der Waals surface area (Å²) in [6.45, 7) is 0.315. The van der Waals surface area contributed by atoms with Crippen molar-refractivity contribution in [1.29, 1.82) is 0 Å². The number of halogens is 3. The summed E-state index contributed by atoms with van der Waals surface area (Å²) in [5.74, 6) is -5.18. The molecule has 0 bridgehead atoms. The topological polar surface area (TPSA) is 66.8 Å². The zero-order chi connectivity index (χ0) is 15.6. The highest BCUT2D eigenvalue weighted by molar-refractivity contribution is 5.79. The van der Waals surface area contributed by atoms with E-state index in [1.54, 1.807) is 0 Å². The van der Waals surface area contributed by atoms with E-state index < -0.39 is 36.4 Å². The van der Waals surface area contributed by atoms with E-state index in [-0.39, 0.29) is 18.9 Å². The maximum absolute atomic E-state index is 12.8. The van der Waals surface area contributed by atoms with E-state index in [2.05, 4.69) is 0 Å². The largest absolute Gasteiger partial charge is 0.481 e. The highest BCUT2D eigenvalue weighted by Gasteiger charge is 2.53. The summed E-state index contributed by atoms with van der Waals surface area (Å²) in [5, 5.41) is 8.89. The molecule has 1 amide bonds. The summed E-state index contributed by atoms with van der Waals surface area (Å²) in [6.07, 6.45) is -3.03. The second kappa shape index (κ2) is 6.21. The van der Waals surface area contributed by atoms with Gasteiger partial charge in [0, 0.05) is 32.7 Å². The molecule has 0 aromatic heterocycles. The maximum atomic E-state index is 12.8. The molecule has 1 N–H and O–H groups in total. The minimum absolute atomic E-state index is 0.144. The molecule has 5 nitrogen and oxygen atoms in total. The number of nitrogens with zero attached hydrogens (tertiary/aromatic N) is 1. The second-order valence-corrected chi connectivity index (χ2v) is 5.66. The van der Waals surface area contributed by atoms with Crippen molar-refractivity contribution in [3.63, 3.8) is 0 Å². The van der Waals surface area contributed by atoms with Crippen molar-refractivity contribution in [3.8, 4) is 0 Å². The van der Waals surface area contributed by atoms with Gasteiger partial charge in [-0.05, 0) is 18.8 Å². The number of hydrogen-bond donors (Lipinski definition) is 1. The van der Waals surface area contributed by atoms with Gasteiger partial charge in [-0.2, -0.15) is 13.2 Å². The van der Waals surface area contributed by atoms with Gasteiger partial charge in [-0.1, -0.05) is 0 Å². The smallest absolute Gasteiger partial charge is 0.394 e. The summed E-state index contributed by atoms with van der Waals surface area (Å²) in [7, 11) is 0. The zero-order valence-electron chi connectivity index (χ0n) is 11.4. The Morgan fingerprint density at radius 1 is 1.29 bits per heavy atom. The summed E-state index contributed by atoms with van der Waals surface area (Å²) in [6, 6.07) is 0. The average Bonchev–Trinajstić information content (AvgIpc) is 3.04. The van der Waals surface area contributed by atoms with Gasteiger partial charge in [0.15, 0.2) is 0 Å². The highest BCUT2D eigenvalue weighted by atomic mass is 19.4. The van der Waals surface area contributed by atoms with Gasteiger partial charge in [0.25, 0.3) is 0 Å². The van der Waals surface area contributed by atoms with E-state index in [9.17, 15) is 22.8 Å². The van der Waals surface area contributed by atoms with Crippen molar-refractivity contribution in [2.75, 3.05) is 26.3 Å². The summed E-state index contributed by atoms with van der Waals surface area (Å²) < 4.78 is 43.6. The Morgan fingerprint density at radius 2 is 2.00 bits per heavy atom. The molecule has 3 atom stereocenters. The molecule has 1 unspecified atom stereocenters. The van der Waals surface area contributed by atoms with Gasteiger partial charge in [0.2, 0.25) is 5.91 Å². The first-order chi connectivity index (χ1) is 9.79. The molecule has 8 heteroatoms. The quantitative estimate of drug-likeness (QED) is 0.855. The number of carbonyl (C=O) groups is 2. The summed E-state index contributed by atoms with van der Waals surface area (Å²) >= 11 is 0. The molecule has 2 rings (SSSR count). The van der Waals surface area contributed by atoms with E-state index in [4.69, 9.17) is 9.84 Å². The number of hydrogen-bond acceptors (Lipinski definition) is 3. The predicted molar refractivity (Wildman–Crippen MR) is 65.4 cm³/mol. The maximum Gasteiger partial charge on any atom is 0.394 e. The van der Waals surface area contributed by atoms with Crippen molar-refractivity contribution >= 4 is 11.9 Å². The molecule has 0 aromatic carbocycles. The fourth-order valence-electron chi connectivity index (χ4n) is 2.89. The van der Waals surface area contributed by atoms with Gasteiger partial charge in [-0.3, -0.25) is 9.59 Å². The molecular formula is C13H18F3NO4. The lowest BCUT2D eigenvalue weighted by atomic mass is 9.96. The summed E-state index contributed by atoms with van der Waals surface area (Å²) in [4.78, 5) is 23.9. The highest BCUT2D eigenvalue weighted by Crippen LogP contribution is 2.38. The third-order valence-electron chi connectivity index (χ3n) is 4.20. The van der Waals surface area contributed by atoms with Gasteiger partial charge >= 0.3 is 12.1 Å². The van der Waals surface area contributed by atoms with Crippen LogP contribution in [0.3, 0.4) is 0 Å². The second-order valence-electron chi connectivity index (χ2n) is 5.66. The Bertz CT molecular complexity index is 407. The third kappa shape index (κ3) is 3.87. The van der Waals surface area contributed by atoms with Gasteiger partial charge < -0.3 is 14.7 Å². The molecule has 2 aliphatic heterocycles. The number of rotatable bonds is 4. The lowest BCUT2D eigenvalue weighted by Crippen LogP contribution is -2.34. The van der Waals surface area contributed by atoms with E-state index in [1.807, 2.05) is 0 Å². The lowest BCUT2D eigenvalue weighted by Gasteiger charge is -2.18. The number of aliphatic carboxylic acids is 1. The van der Waals surface area contributed by atoms with Gasteiger partial charge in [-0.25, -0.2) is 0 Å². The Morgan fingerprint density at radius 3 is 2.48 bits per heavy atom. The number of alkyl halides is 3. The average molecular weight is 309 g/mol. The molecule has 2 aliphatic rings. The van der Waals surface area contributed by atoms with Crippen LogP contribution in [0.2, 0.25) is 0 Å². The molecule has 2 saturated heterocycles. The molecule has 0 aliphatic carbocycles. The van der Waals surface area contributed by atoms with Crippen molar-refractivity contribution in [2.24, 2.45) is 17.8 Å². The first kappa shape index (κ1) is 16.1. The number of likely N-dealkylation sites (tertiary alicyclic amines) is 1. The van der Waals surface area contributed by atoms with Crippen LogP contribution in [0.1, 0.15) is 19.3 Å². The van der Waals surface area contributed by atoms with Gasteiger partial charge in [-0.15, -0.1) is 0 Å². The number of carboxylic acid groups (broad SMARTS) is 1. The Hall–Kier alpha value is -1.31. The summed E-state index contributed by atoms with van der Waals surface area (Å²) in [5.41, 5.74) is 0. The van der Waals surface area contributed by atoms with Crippen LogP contribution in [0.4, 0.5) is 13.2 Å². The van der Waals surface area contributed by atoms with E-state index in [1.165, 1.54) is 0 Å². The molecule has 2 heterocycles. The fraction of sp³-hybridized carbons (Fsp3) is 0.846. The Balaban J connectivity index is 1.91. The van der Waals surface area contributed by atoms with Crippen LogP contribution < -0.4 is 0 Å². The van der Waals surface area contributed by atoms with Gasteiger partial charge in [0.1, 0.15) is 0 Å². The van der Waals surface area contributed by atoms with E-state index in [0.29, 0.717) is 19.6 Å². The standard InChI is InChI=1S/C13H18F3NO4/c14-13(15,16)10-6-17(5-9(10)12(19)20)11(18)2-1-8-3-4-21-7-8/h8-10H,1-7H2,(H,19,20)/t8?,9-,10-/m1/s1.